The van der Waals surface area contributed by atoms with Gasteiger partial charge in [0.1, 0.15) is 0 Å². The lowest BCUT2D eigenvalue weighted by atomic mass is 9.97. The number of thiophene rings is 2. The largest absolute Gasteiger partial charge is 0.309 e. The van der Waals surface area contributed by atoms with Gasteiger partial charge in [0.2, 0.25) is 0 Å². The Hall–Kier alpha value is -7.30. The molecule has 0 saturated carbocycles. The van der Waals surface area contributed by atoms with Crippen molar-refractivity contribution < 1.29 is 0 Å². The summed E-state index contributed by atoms with van der Waals surface area (Å²) in [6, 6.07) is 82.4. The molecule has 286 valence electrons. The Kier molecular flexibility index (Phi) is 8.62. The van der Waals surface area contributed by atoms with Crippen molar-refractivity contribution >= 4 is 90.9 Å². The number of rotatable bonds is 7. The van der Waals surface area contributed by atoms with Gasteiger partial charge in [-0.25, -0.2) is 0 Å². The predicted molar refractivity (Wildman–Crippen MR) is 266 cm³/mol. The number of anilines is 3. The zero-order valence-electron chi connectivity index (χ0n) is 33.1. The molecular weight excluding hydrogens is 775 g/mol. The molecule has 0 aliphatic rings. The third-order valence-electron chi connectivity index (χ3n) is 12.1. The molecule has 0 N–H and O–H groups in total. The molecule has 0 unspecified atom stereocenters. The molecule has 10 aromatic carbocycles. The van der Waals surface area contributed by atoms with Crippen LogP contribution >= 0.6 is 22.7 Å². The minimum atomic E-state index is 1.11. The summed E-state index contributed by atoms with van der Waals surface area (Å²) in [7, 11) is 0. The van der Waals surface area contributed by atoms with E-state index in [1.54, 1.807) is 0 Å². The maximum Gasteiger partial charge on any atom is 0.0640 e. The van der Waals surface area contributed by atoms with Crippen LogP contribution in [0.25, 0.3) is 95.6 Å². The number of nitrogens with zero attached hydrogens (tertiary/aromatic N) is 1. The van der Waals surface area contributed by atoms with Crippen molar-refractivity contribution in [1.29, 1.82) is 0 Å². The molecule has 12 aromatic rings. The summed E-state index contributed by atoms with van der Waals surface area (Å²) in [4.78, 5) is 2.44. The van der Waals surface area contributed by atoms with E-state index < -0.39 is 0 Å². The molecular formula is C58H37NS2. The van der Waals surface area contributed by atoms with Gasteiger partial charge in [-0.15, -0.1) is 22.7 Å². The lowest BCUT2D eigenvalue weighted by Gasteiger charge is -2.27. The fraction of sp³-hybridized carbons (Fsp3) is 0. The molecule has 0 aliphatic heterocycles. The molecule has 0 amide bonds. The van der Waals surface area contributed by atoms with Gasteiger partial charge in [0.05, 0.1) is 10.4 Å². The highest BCUT2D eigenvalue weighted by Gasteiger charge is 2.21. The first kappa shape index (κ1) is 35.6. The van der Waals surface area contributed by atoms with Crippen LogP contribution in [-0.4, -0.2) is 0 Å². The van der Waals surface area contributed by atoms with Gasteiger partial charge in [-0.2, -0.15) is 0 Å². The molecule has 2 heterocycles. The first-order valence-electron chi connectivity index (χ1n) is 20.7. The molecule has 3 heteroatoms. The van der Waals surface area contributed by atoms with E-state index in [1.165, 1.54) is 101 Å². The summed E-state index contributed by atoms with van der Waals surface area (Å²) < 4.78 is 5.21. The van der Waals surface area contributed by atoms with Gasteiger partial charge in [-0.05, 0) is 116 Å². The molecule has 0 fully saturated rings. The molecule has 0 radical (unpaired) electrons. The second-order valence-corrected chi connectivity index (χ2v) is 17.8. The highest BCUT2D eigenvalue weighted by Crippen LogP contribution is 2.49. The van der Waals surface area contributed by atoms with Gasteiger partial charge < -0.3 is 4.90 Å². The van der Waals surface area contributed by atoms with E-state index in [2.05, 4.69) is 229 Å². The maximum atomic E-state index is 2.44. The summed E-state index contributed by atoms with van der Waals surface area (Å²) in [5.74, 6) is 0. The van der Waals surface area contributed by atoms with Crippen LogP contribution in [0.1, 0.15) is 0 Å². The van der Waals surface area contributed by atoms with Gasteiger partial charge in [-0.3, -0.25) is 0 Å². The normalized spacial score (nSPS) is 11.6. The second kappa shape index (κ2) is 14.8. The zero-order valence-corrected chi connectivity index (χ0v) is 34.8. The number of benzene rings is 10. The smallest absolute Gasteiger partial charge is 0.0640 e. The van der Waals surface area contributed by atoms with Crippen molar-refractivity contribution in [2.45, 2.75) is 0 Å². The van der Waals surface area contributed by atoms with Crippen molar-refractivity contribution in [2.24, 2.45) is 0 Å². The Morgan fingerprint density at radius 3 is 1.51 bits per heavy atom. The van der Waals surface area contributed by atoms with E-state index in [-0.39, 0.29) is 0 Å². The molecule has 61 heavy (non-hydrogen) atoms. The number of hydrogen-bond donors (Lipinski definition) is 0. The van der Waals surface area contributed by atoms with Crippen LogP contribution < -0.4 is 4.90 Å². The molecule has 1 nitrogen and oxygen atoms in total. The van der Waals surface area contributed by atoms with E-state index in [1.807, 2.05) is 22.7 Å². The van der Waals surface area contributed by atoms with E-state index in [0.29, 0.717) is 0 Å². The van der Waals surface area contributed by atoms with Crippen LogP contribution in [-0.2, 0) is 0 Å². The molecule has 0 aliphatic carbocycles. The maximum absolute atomic E-state index is 2.44. The summed E-state index contributed by atoms with van der Waals surface area (Å²) in [6.45, 7) is 0. The van der Waals surface area contributed by atoms with Crippen molar-refractivity contribution in [1.82, 2.24) is 0 Å². The third kappa shape index (κ3) is 6.29. The lowest BCUT2D eigenvalue weighted by Crippen LogP contribution is -2.10. The van der Waals surface area contributed by atoms with Gasteiger partial charge in [0.15, 0.2) is 0 Å². The predicted octanol–water partition coefficient (Wildman–Crippen LogP) is 17.7. The van der Waals surface area contributed by atoms with Gasteiger partial charge in [0, 0.05) is 47.0 Å². The van der Waals surface area contributed by atoms with Crippen molar-refractivity contribution in [3.63, 3.8) is 0 Å². The van der Waals surface area contributed by atoms with Gasteiger partial charge in [0.25, 0.3) is 0 Å². The van der Waals surface area contributed by atoms with E-state index in [4.69, 9.17) is 0 Å². The van der Waals surface area contributed by atoms with Gasteiger partial charge in [-0.1, -0.05) is 164 Å². The molecule has 12 rings (SSSR count). The average Bonchev–Trinajstić information content (AvgIpc) is 3.91. The monoisotopic (exact) mass is 811 g/mol. The van der Waals surface area contributed by atoms with Crippen LogP contribution in [0, 0.1) is 0 Å². The van der Waals surface area contributed by atoms with Crippen LogP contribution in [0.3, 0.4) is 0 Å². The molecule has 0 bridgehead atoms. The Morgan fingerprint density at radius 1 is 0.295 bits per heavy atom. The summed E-state index contributed by atoms with van der Waals surface area (Å²) in [5, 5.41) is 7.75. The van der Waals surface area contributed by atoms with Crippen LogP contribution in [0.4, 0.5) is 17.1 Å². The first-order chi connectivity index (χ1) is 30.2. The standard InChI is InChI=1S/C58H37NS2/c1-2-11-43(12-3-1)49-33-34-53(58-57(49)51-15-7-9-17-55(51)61-58)59(48-31-26-42(27-32-48)46-28-35-56-52(37-46)50-14-6-8-16-54(50)60-56)47-29-24-40(25-30-47)39-18-20-41(21-19-39)45-23-22-38-10-4-5-13-44(38)36-45/h1-37H. The van der Waals surface area contributed by atoms with E-state index in [9.17, 15) is 0 Å². The highest BCUT2D eigenvalue weighted by molar-refractivity contribution is 7.26. The Labute approximate surface area is 362 Å². The Bertz CT molecular complexity index is 3560. The molecule has 2 aromatic heterocycles. The quantitative estimate of drug-likeness (QED) is 0.155. The Morgan fingerprint density at radius 2 is 0.803 bits per heavy atom. The average molecular weight is 812 g/mol. The van der Waals surface area contributed by atoms with E-state index in [0.717, 1.165) is 11.4 Å². The third-order valence-corrected chi connectivity index (χ3v) is 14.4. The second-order valence-electron chi connectivity index (χ2n) is 15.7. The van der Waals surface area contributed by atoms with Crippen molar-refractivity contribution in [3.05, 3.63) is 224 Å². The molecule has 0 atom stereocenters. The van der Waals surface area contributed by atoms with Crippen molar-refractivity contribution in [3.8, 4) is 44.5 Å². The number of fused-ring (bicyclic) bond motifs is 7. The highest BCUT2D eigenvalue weighted by atomic mass is 32.1. The zero-order chi connectivity index (χ0) is 40.3. The van der Waals surface area contributed by atoms with E-state index >= 15 is 0 Å². The molecule has 0 saturated heterocycles. The topological polar surface area (TPSA) is 3.24 Å². The minimum Gasteiger partial charge on any atom is -0.309 e. The fourth-order valence-corrected chi connectivity index (χ4v) is 11.3. The first-order valence-corrected chi connectivity index (χ1v) is 22.4. The minimum absolute atomic E-state index is 1.11. The summed E-state index contributed by atoms with van der Waals surface area (Å²) in [5.41, 5.74) is 13.1. The Balaban J connectivity index is 0.961. The number of hydrogen-bond acceptors (Lipinski definition) is 3. The van der Waals surface area contributed by atoms with Crippen molar-refractivity contribution in [2.75, 3.05) is 4.90 Å². The van der Waals surface area contributed by atoms with Crippen LogP contribution in [0.2, 0.25) is 0 Å². The fourth-order valence-electron chi connectivity index (χ4n) is 9.01. The lowest BCUT2D eigenvalue weighted by molar-refractivity contribution is 1.30. The summed E-state index contributed by atoms with van der Waals surface area (Å²) in [6.07, 6.45) is 0. The molecule has 0 spiro atoms. The SMILES string of the molecule is c1ccc(-c2ccc(N(c3ccc(-c4ccc(-c5ccc6ccccc6c5)cc4)cc3)c3ccc(-c4ccc5sc6ccccc6c5c4)cc3)c3sc4ccccc4c23)cc1. The van der Waals surface area contributed by atoms with Crippen LogP contribution in [0.15, 0.2) is 224 Å². The van der Waals surface area contributed by atoms with Gasteiger partial charge >= 0.3 is 0 Å². The van der Waals surface area contributed by atoms with Crippen LogP contribution in [0.5, 0.6) is 0 Å². The summed E-state index contributed by atoms with van der Waals surface area (Å²) >= 11 is 3.74.